The molecule has 0 spiro atoms. The molecule has 1 fully saturated rings. The van der Waals surface area contributed by atoms with Crippen molar-refractivity contribution in [2.24, 2.45) is 5.41 Å². The highest BCUT2D eigenvalue weighted by molar-refractivity contribution is 5.84. The monoisotopic (exact) mass is 363 g/mol. The molecule has 0 unspecified atom stereocenters. The first-order valence-corrected chi connectivity index (χ1v) is 9.51. The predicted octanol–water partition coefficient (Wildman–Crippen LogP) is 3.06. The second-order valence-electron chi connectivity index (χ2n) is 8.45. The average Bonchev–Trinajstić information content (AvgIpc) is 2.99. The number of aliphatic carboxylic acids is 1. The van der Waals surface area contributed by atoms with Crippen molar-refractivity contribution in [3.05, 3.63) is 17.0 Å². The topological polar surface area (TPSA) is 93.5 Å². The summed E-state index contributed by atoms with van der Waals surface area (Å²) in [7, 11) is 0. The minimum absolute atomic E-state index is 0.367. The molecule has 2 heterocycles. The number of ether oxygens (including phenoxy) is 1. The number of nitrogens with zero attached hydrogens (tertiary/aromatic N) is 2. The molecule has 1 saturated carbocycles. The number of rotatable bonds is 3. The SMILES string of the molecule is CC(C)(C)[C@H](NC(=O)n1nc(C2CCCCC2)c2c1CCOC2)C(=O)O. The van der Waals surface area contributed by atoms with Gasteiger partial charge in [-0.1, -0.05) is 40.0 Å². The van der Waals surface area contributed by atoms with Gasteiger partial charge in [-0.05, 0) is 18.3 Å². The summed E-state index contributed by atoms with van der Waals surface area (Å²) in [4.78, 5) is 24.4. The lowest BCUT2D eigenvalue weighted by Crippen LogP contribution is -2.50. The second-order valence-corrected chi connectivity index (χ2v) is 8.45. The molecule has 1 aliphatic heterocycles. The molecular formula is C19H29N3O4. The van der Waals surface area contributed by atoms with Gasteiger partial charge in [0, 0.05) is 17.9 Å². The number of nitrogens with one attached hydrogen (secondary N) is 1. The molecule has 7 nitrogen and oxygen atoms in total. The van der Waals surface area contributed by atoms with Gasteiger partial charge in [-0.2, -0.15) is 9.78 Å². The summed E-state index contributed by atoms with van der Waals surface area (Å²) in [6.45, 7) is 6.43. The van der Waals surface area contributed by atoms with E-state index in [9.17, 15) is 14.7 Å². The number of amides is 1. The summed E-state index contributed by atoms with van der Waals surface area (Å²) in [5.41, 5.74) is 2.27. The van der Waals surface area contributed by atoms with Gasteiger partial charge in [-0.15, -0.1) is 0 Å². The molecular weight excluding hydrogens is 334 g/mol. The van der Waals surface area contributed by atoms with E-state index in [0.29, 0.717) is 25.6 Å². The smallest absolute Gasteiger partial charge is 0.343 e. The summed E-state index contributed by atoms with van der Waals surface area (Å²) >= 11 is 0. The summed E-state index contributed by atoms with van der Waals surface area (Å²) in [6, 6.07) is -1.44. The number of aromatic nitrogens is 2. The Bertz CT molecular complexity index is 684. The Morgan fingerprint density at radius 2 is 1.96 bits per heavy atom. The van der Waals surface area contributed by atoms with Crippen LogP contribution in [0.5, 0.6) is 0 Å². The third kappa shape index (κ3) is 3.77. The zero-order chi connectivity index (χ0) is 18.9. The number of carbonyl (C=O) groups excluding carboxylic acids is 1. The number of carboxylic acid groups (broad SMARTS) is 1. The van der Waals surface area contributed by atoms with Gasteiger partial charge in [-0.3, -0.25) is 0 Å². The molecule has 0 aromatic carbocycles. The Morgan fingerprint density at radius 3 is 2.58 bits per heavy atom. The molecule has 1 aliphatic carbocycles. The number of carboxylic acids is 1. The van der Waals surface area contributed by atoms with E-state index < -0.39 is 23.5 Å². The van der Waals surface area contributed by atoms with Crippen LogP contribution in [-0.2, 0) is 22.6 Å². The van der Waals surface area contributed by atoms with E-state index in [-0.39, 0.29) is 0 Å². The summed E-state index contributed by atoms with van der Waals surface area (Å²) in [5, 5.41) is 16.8. The predicted molar refractivity (Wildman–Crippen MR) is 96.2 cm³/mol. The van der Waals surface area contributed by atoms with Crippen molar-refractivity contribution in [2.45, 2.75) is 77.9 Å². The molecule has 0 saturated heterocycles. The standard InChI is InChI=1S/C19H29N3O4/c1-19(2,3)16(17(23)24)20-18(25)22-14-9-10-26-11-13(14)15(21-22)12-7-5-4-6-8-12/h12,16H,4-11H2,1-3H3,(H,20,25)(H,23,24)/t16-/m1/s1. The fourth-order valence-electron chi connectivity index (χ4n) is 3.97. The van der Waals surface area contributed by atoms with Crippen LogP contribution in [0.2, 0.25) is 0 Å². The summed E-state index contributed by atoms with van der Waals surface area (Å²) in [6.07, 6.45) is 6.42. The Hall–Kier alpha value is -1.89. The lowest BCUT2D eigenvalue weighted by atomic mass is 9.85. The highest BCUT2D eigenvalue weighted by atomic mass is 16.5. The van der Waals surface area contributed by atoms with Crippen LogP contribution >= 0.6 is 0 Å². The Balaban J connectivity index is 1.90. The van der Waals surface area contributed by atoms with Crippen molar-refractivity contribution in [1.29, 1.82) is 0 Å². The highest BCUT2D eigenvalue weighted by Gasteiger charge is 2.35. The fraction of sp³-hybridized carbons (Fsp3) is 0.737. The maximum Gasteiger partial charge on any atom is 0.343 e. The third-order valence-corrected chi connectivity index (χ3v) is 5.42. The van der Waals surface area contributed by atoms with E-state index in [1.165, 1.54) is 23.9 Å². The summed E-state index contributed by atoms with van der Waals surface area (Å²) in [5.74, 6) is -0.672. The normalized spacial score (nSPS) is 19.7. The van der Waals surface area contributed by atoms with E-state index >= 15 is 0 Å². The quantitative estimate of drug-likeness (QED) is 0.861. The molecule has 0 radical (unpaired) electrons. The molecule has 1 atom stereocenters. The Kier molecular flexibility index (Phi) is 5.37. The Labute approximate surface area is 154 Å². The number of hydrogen-bond donors (Lipinski definition) is 2. The maximum absolute atomic E-state index is 12.9. The fourth-order valence-corrected chi connectivity index (χ4v) is 3.97. The molecule has 1 aromatic heterocycles. The minimum atomic E-state index is -1.04. The largest absolute Gasteiger partial charge is 0.480 e. The lowest BCUT2D eigenvalue weighted by molar-refractivity contribution is -0.141. The van der Waals surface area contributed by atoms with Gasteiger partial charge in [0.2, 0.25) is 0 Å². The van der Waals surface area contributed by atoms with Gasteiger partial charge in [-0.25, -0.2) is 9.59 Å². The van der Waals surface area contributed by atoms with Gasteiger partial charge in [0.25, 0.3) is 0 Å². The van der Waals surface area contributed by atoms with Crippen molar-refractivity contribution in [1.82, 2.24) is 15.1 Å². The lowest BCUT2D eigenvalue weighted by Gasteiger charge is -2.27. The first-order chi connectivity index (χ1) is 12.3. The first kappa shape index (κ1) is 18.9. The van der Waals surface area contributed by atoms with Crippen LogP contribution < -0.4 is 5.32 Å². The van der Waals surface area contributed by atoms with E-state index in [2.05, 4.69) is 10.4 Å². The summed E-state index contributed by atoms with van der Waals surface area (Å²) < 4.78 is 7.01. The molecule has 7 heteroatoms. The zero-order valence-electron chi connectivity index (χ0n) is 15.9. The number of hydrogen-bond acceptors (Lipinski definition) is 4. The van der Waals surface area contributed by atoms with Gasteiger partial charge < -0.3 is 15.2 Å². The number of fused-ring (bicyclic) bond motifs is 1. The highest BCUT2D eigenvalue weighted by Crippen LogP contribution is 2.36. The second kappa shape index (κ2) is 7.39. The molecule has 144 valence electrons. The van der Waals surface area contributed by atoms with Crippen LogP contribution in [0, 0.1) is 5.41 Å². The van der Waals surface area contributed by atoms with Crippen LogP contribution in [0.25, 0.3) is 0 Å². The maximum atomic E-state index is 12.9. The van der Waals surface area contributed by atoms with Crippen molar-refractivity contribution < 1.29 is 19.4 Å². The van der Waals surface area contributed by atoms with Crippen LogP contribution in [0.3, 0.4) is 0 Å². The van der Waals surface area contributed by atoms with Gasteiger partial charge in [0.05, 0.1) is 24.6 Å². The van der Waals surface area contributed by atoms with Crippen LogP contribution in [0.1, 0.15) is 75.7 Å². The van der Waals surface area contributed by atoms with Crippen LogP contribution in [0.4, 0.5) is 4.79 Å². The third-order valence-electron chi connectivity index (χ3n) is 5.42. The van der Waals surface area contributed by atoms with Crippen molar-refractivity contribution in [3.8, 4) is 0 Å². The molecule has 2 N–H and O–H groups in total. The molecule has 26 heavy (non-hydrogen) atoms. The molecule has 3 rings (SSSR count). The Morgan fingerprint density at radius 1 is 1.27 bits per heavy atom. The van der Waals surface area contributed by atoms with Gasteiger partial charge >= 0.3 is 12.0 Å². The van der Waals surface area contributed by atoms with Crippen molar-refractivity contribution in [2.75, 3.05) is 6.61 Å². The molecule has 2 aliphatic rings. The van der Waals surface area contributed by atoms with E-state index in [0.717, 1.165) is 29.8 Å². The minimum Gasteiger partial charge on any atom is -0.480 e. The van der Waals surface area contributed by atoms with E-state index in [1.54, 1.807) is 20.8 Å². The van der Waals surface area contributed by atoms with Crippen molar-refractivity contribution in [3.63, 3.8) is 0 Å². The van der Waals surface area contributed by atoms with Crippen LogP contribution in [0.15, 0.2) is 0 Å². The van der Waals surface area contributed by atoms with Crippen molar-refractivity contribution >= 4 is 12.0 Å². The average molecular weight is 363 g/mol. The molecule has 0 bridgehead atoms. The zero-order valence-corrected chi connectivity index (χ0v) is 15.9. The van der Waals surface area contributed by atoms with E-state index in [1.807, 2.05) is 0 Å². The van der Waals surface area contributed by atoms with Gasteiger partial charge in [0.1, 0.15) is 6.04 Å². The number of carbonyl (C=O) groups is 2. The molecule has 1 aromatic rings. The first-order valence-electron chi connectivity index (χ1n) is 9.51. The molecule has 1 amide bonds. The van der Waals surface area contributed by atoms with Gasteiger partial charge in [0.15, 0.2) is 0 Å². The van der Waals surface area contributed by atoms with E-state index in [4.69, 9.17) is 4.74 Å². The van der Waals surface area contributed by atoms with Crippen LogP contribution in [-0.4, -0.2) is 39.5 Å².